The van der Waals surface area contributed by atoms with Gasteiger partial charge < -0.3 is 19.7 Å². The summed E-state index contributed by atoms with van der Waals surface area (Å²) in [6.07, 6.45) is -0.463. The van der Waals surface area contributed by atoms with Crippen LogP contribution in [0.5, 0.6) is 0 Å². The van der Waals surface area contributed by atoms with Crippen LogP contribution in [-0.2, 0) is 19.6 Å². The smallest absolute Gasteiger partial charge is 0.294 e. The lowest BCUT2D eigenvalue weighted by molar-refractivity contribution is -0.0364. The molecule has 0 atom stereocenters. The minimum absolute atomic E-state index is 0.0741. The molecule has 0 heterocycles. The molecular formula is C12H20O7S. The van der Waals surface area contributed by atoms with Gasteiger partial charge in [0, 0.05) is 7.11 Å². The SMILES string of the molecule is COCCOC(CO)CO.O=S(=O)(O)c1ccccc1. The lowest BCUT2D eigenvalue weighted by atomic mass is 10.4. The van der Waals surface area contributed by atoms with Gasteiger partial charge in [-0.2, -0.15) is 8.42 Å². The maximum absolute atomic E-state index is 10.4. The molecule has 0 unspecified atom stereocenters. The van der Waals surface area contributed by atoms with Crippen molar-refractivity contribution in [1.82, 2.24) is 0 Å². The number of ether oxygens (including phenoxy) is 2. The van der Waals surface area contributed by atoms with Crippen LogP contribution < -0.4 is 0 Å². The second-order valence-corrected chi connectivity index (χ2v) is 5.06. The van der Waals surface area contributed by atoms with E-state index in [0.29, 0.717) is 13.2 Å². The number of hydrogen-bond donors (Lipinski definition) is 3. The molecule has 0 aliphatic carbocycles. The lowest BCUT2D eigenvalue weighted by Crippen LogP contribution is -2.23. The maximum atomic E-state index is 10.4. The van der Waals surface area contributed by atoms with E-state index in [1.54, 1.807) is 25.3 Å². The zero-order valence-corrected chi connectivity index (χ0v) is 12.0. The first-order valence-corrected chi connectivity index (χ1v) is 7.24. The Morgan fingerprint density at radius 3 is 2.00 bits per heavy atom. The van der Waals surface area contributed by atoms with Crippen LogP contribution in [0.15, 0.2) is 35.2 Å². The number of hydrogen-bond acceptors (Lipinski definition) is 6. The van der Waals surface area contributed by atoms with Gasteiger partial charge in [0.2, 0.25) is 0 Å². The molecule has 0 spiro atoms. The van der Waals surface area contributed by atoms with E-state index in [1.165, 1.54) is 12.1 Å². The molecular weight excluding hydrogens is 288 g/mol. The highest BCUT2D eigenvalue weighted by molar-refractivity contribution is 7.85. The topological polar surface area (TPSA) is 113 Å². The van der Waals surface area contributed by atoms with Gasteiger partial charge >= 0.3 is 0 Å². The van der Waals surface area contributed by atoms with Crippen LogP contribution in [0.2, 0.25) is 0 Å². The van der Waals surface area contributed by atoms with Crippen LogP contribution in [0.4, 0.5) is 0 Å². The van der Waals surface area contributed by atoms with E-state index in [2.05, 4.69) is 0 Å². The van der Waals surface area contributed by atoms with Crippen molar-refractivity contribution in [2.75, 3.05) is 33.5 Å². The largest absolute Gasteiger partial charge is 0.394 e. The van der Waals surface area contributed by atoms with Gasteiger partial charge in [-0.25, -0.2) is 0 Å². The molecule has 8 heteroatoms. The molecule has 3 N–H and O–H groups in total. The normalized spacial score (nSPS) is 11.1. The molecule has 1 aromatic carbocycles. The molecule has 0 radical (unpaired) electrons. The van der Waals surface area contributed by atoms with Gasteiger partial charge in [0.05, 0.1) is 31.3 Å². The van der Waals surface area contributed by atoms with Crippen LogP contribution >= 0.6 is 0 Å². The summed E-state index contributed by atoms with van der Waals surface area (Å²) in [6, 6.07) is 7.42. The molecule has 0 amide bonds. The summed E-state index contributed by atoms with van der Waals surface area (Å²) < 4.78 is 38.9. The van der Waals surface area contributed by atoms with Crippen LogP contribution in [0.1, 0.15) is 0 Å². The molecule has 0 saturated heterocycles. The number of aliphatic hydroxyl groups is 2. The van der Waals surface area contributed by atoms with E-state index < -0.39 is 16.2 Å². The summed E-state index contributed by atoms with van der Waals surface area (Å²) in [7, 11) is -2.44. The van der Waals surface area contributed by atoms with Crippen LogP contribution in [0.3, 0.4) is 0 Å². The zero-order valence-electron chi connectivity index (χ0n) is 11.2. The first-order valence-electron chi connectivity index (χ1n) is 5.80. The first kappa shape index (κ1) is 19.0. The minimum Gasteiger partial charge on any atom is -0.394 e. The fourth-order valence-corrected chi connectivity index (χ4v) is 1.55. The highest BCUT2D eigenvalue weighted by Gasteiger charge is 2.05. The van der Waals surface area contributed by atoms with E-state index in [1.807, 2.05) is 0 Å². The molecule has 0 aliphatic heterocycles. The van der Waals surface area contributed by atoms with Crippen molar-refractivity contribution in [1.29, 1.82) is 0 Å². The predicted molar refractivity (Wildman–Crippen MR) is 72.0 cm³/mol. The standard InChI is InChI=1S/C6H14O4.C6H6O3S/c1-9-2-3-10-6(4-7)5-8;7-10(8,9)6-4-2-1-3-5-6/h6-8H,2-5H2,1H3;1-5H,(H,7,8,9). The highest BCUT2D eigenvalue weighted by atomic mass is 32.2. The Hall–Kier alpha value is -1.03. The van der Waals surface area contributed by atoms with Crippen molar-refractivity contribution in [3.8, 4) is 0 Å². The summed E-state index contributed by atoms with van der Waals surface area (Å²) in [6.45, 7) is 0.583. The number of methoxy groups -OCH3 is 1. The Labute approximate surface area is 118 Å². The number of aliphatic hydroxyl groups excluding tert-OH is 2. The minimum atomic E-state index is -4.00. The van der Waals surface area contributed by atoms with E-state index >= 15 is 0 Å². The molecule has 116 valence electrons. The van der Waals surface area contributed by atoms with Gasteiger partial charge in [0.1, 0.15) is 6.10 Å². The van der Waals surface area contributed by atoms with E-state index in [4.69, 9.17) is 24.2 Å². The predicted octanol–water partition coefficient (Wildman–Crippen LogP) is -0.0641. The fraction of sp³-hybridized carbons (Fsp3) is 0.500. The van der Waals surface area contributed by atoms with Gasteiger partial charge in [-0.15, -0.1) is 0 Å². The molecule has 1 aromatic rings. The van der Waals surface area contributed by atoms with Crippen molar-refractivity contribution < 1.29 is 32.7 Å². The Bertz CT molecular complexity index is 428. The zero-order chi connectivity index (χ0) is 15.4. The lowest BCUT2D eigenvalue weighted by Gasteiger charge is -2.11. The molecule has 0 bridgehead atoms. The molecule has 7 nitrogen and oxygen atoms in total. The Balaban J connectivity index is 0.000000361. The fourth-order valence-electron chi connectivity index (χ4n) is 1.05. The summed E-state index contributed by atoms with van der Waals surface area (Å²) in [5.41, 5.74) is 0. The van der Waals surface area contributed by atoms with Crippen LogP contribution in [0.25, 0.3) is 0 Å². The van der Waals surface area contributed by atoms with Crippen molar-refractivity contribution in [2.45, 2.75) is 11.0 Å². The molecule has 1 rings (SSSR count). The molecule has 0 saturated carbocycles. The number of rotatable bonds is 7. The monoisotopic (exact) mass is 308 g/mol. The average Bonchev–Trinajstić information content (AvgIpc) is 2.45. The molecule has 0 fully saturated rings. The summed E-state index contributed by atoms with van der Waals surface area (Å²) >= 11 is 0. The Kier molecular flexibility index (Phi) is 10.2. The van der Waals surface area contributed by atoms with Crippen molar-refractivity contribution in [2.24, 2.45) is 0 Å². The van der Waals surface area contributed by atoms with Crippen molar-refractivity contribution in [3.63, 3.8) is 0 Å². The second-order valence-electron chi connectivity index (χ2n) is 3.64. The van der Waals surface area contributed by atoms with E-state index in [9.17, 15) is 8.42 Å². The third-order valence-corrected chi connectivity index (χ3v) is 2.96. The van der Waals surface area contributed by atoms with Gasteiger partial charge in [-0.05, 0) is 12.1 Å². The van der Waals surface area contributed by atoms with E-state index in [-0.39, 0.29) is 18.1 Å². The van der Waals surface area contributed by atoms with Gasteiger partial charge in [0.15, 0.2) is 0 Å². The molecule has 20 heavy (non-hydrogen) atoms. The van der Waals surface area contributed by atoms with Gasteiger partial charge in [0.25, 0.3) is 10.1 Å². The van der Waals surface area contributed by atoms with Crippen LogP contribution in [-0.4, -0.2) is 62.8 Å². The third-order valence-electron chi connectivity index (χ3n) is 2.09. The summed E-state index contributed by atoms with van der Waals surface area (Å²) in [5.74, 6) is 0. The van der Waals surface area contributed by atoms with E-state index in [0.717, 1.165) is 0 Å². The maximum Gasteiger partial charge on any atom is 0.294 e. The third kappa shape index (κ3) is 8.97. The molecule has 0 aliphatic rings. The summed E-state index contributed by atoms with van der Waals surface area (Å²) in [4.78, 5) is -0.0741. The number of benzene rings is 1. The summed E-state index contributed by atoms with van der Waals surface area (Å²) in [5, 5.41) is 17.0. The Morgan fingerprint density at radius 1 is 1.10 bits per heavy atom. The van der Waals surface area contributed by atoms with Crippen LogP contribution in [0, 0.1) is 0 Å². The first-order chi connectivity index (χ1) is 9.45. The second kappa shape index (κ2) is 10.7. The van der Waals surface area contributed by atoms with Crippen molar-refractivity contribution >= 4 is 10.1 Å². The van der Waals surface area contributed by atoms with Gasteiger partial charge in [-0.1, -0.05) is 18.2 Å². The molecule has 0 aromatic heterocycles. The van der Waals surface area contributed by atoms with Crippen molar-refractivity contribution in [3.05, 3.63) is 30.3 Å². The average molecular weight is 308 g/mol. The Morgan fingerprint density at radius 2 is 1.65 bits per heavy atom. The highest BCUT2D eigenvalue weighted by Crippen LogP contribution is 2.05. The quantitative estimate of drug-likeness (QED) is 0.477. The van der Waals surface area contributed by atoms with Gasteiger partial charge in [-0.3, -0.25) is 4.55 Å².